The summed E-state index contributed by atoms with van der Waals surface area (Å²) in [6, 6.07) is 4.45. The summed E-state index contributed by atoms with van der Waals surface area (Å²) in [5, 5.41) is 6.37. The first-order valence-corrected chi connectivity index (χ1v) is 8.30. The van der Waals surface area contributed by atoms with Crippen LogP contribution in [0.5, 0.6) is 5.75 Å². The van der Waals surface area contributed by atoms with Crippen LogP contribution in [-0.2, 0) is 6.54 Å². The van der Waals surface area contributed by atoms with Gasteiger partial charge in [0.05, 0.1) is 7.11 Å². The largest absolute Gasteiger partial charge is 0.497 e. The zero-order valence-electron chi connectivity index (χ0n) is 12.3. The van der Waals surface area contributed by atoms with Crippen molar-refractivity contribution >= 4 is 17.8 Å². The molecule has 0 bridgehead atoms. The van der Waals surface area contributed by atoms with Crippen molar-refractivity contribution in [1.29, 1.82) is 0 Å². The number of rotatable bonds is 5. The van der Waals surface area contributed by atoms with Crippen LogP contribution in [0.4, 0.5) is 9.18 Å². The van der Waals surface area contributed by atoms with Gasteiger partial charge in [-0.3, -0.25) is 0 Å². The standard InChI is InChI=1S/C15H21FN2O2S/c1-20-13-6-10(5-11(16)7-13)9-17-15(19)18-12-3-4-14(8-12)21-2/h5-7,12,14H,3-4,8-9H2,1-2H3,(H2,17,18,19)/t12-,14+/m0/s1. The number of methoxy groups -OCH3 is 1. The number of urea groups is 1. The molecule has 2 rings (SSSR count). The second-order valence-corrected chi connectivity index (χ2v) is 6.33. The van der Waals surface area contributed by atoms with E-state index in [2.05, 4.69) is 16.9 Å². The molecule has 1 fully saturated rings. The van der Waals surface area contributed by atoms with E-state index in [4.69, 9.17) is 4.74 Å². The number of benzene rings is 1. The van der Waals surface area contributed by atoms with Crippen molar-refractivity contribution in [1.82, 2.24) is 10.6 Å². The van der Waals surface area contributed by atoms with E-state index in [1.165, 1.54) is 19.2 Å². The molecule has 1 aliphatic carbocycles. The number of amides is 2. The van der Waals surface area contributed by atoms with Gasteiger partial charge in [0, 0.05) is 23.9 Å². The first-order chi connectivity index (χ1) is 10.1. The van der Waals surface area contributed by atoms with E-state index in [-0.39, 0.29) is 24.4 Å². The van der Waals surface area contributed by atoms with Gasteiger partial charge in [-0.15, -0.1) is 0 Å². The first kappa shape index (κ1) is 15.9. The van der Waals surface area contributed by atoms with Crippen molar-refractivity contribution < 1.29 is 13.9 Å². The molecule has 0 heterocycles. The van der Waals surface area contributed by atoms with Crippen molar-refractivity contribution in [2.24, 2.45) is 0 Å². The monoisotopic (exact) mass is 312 g/mol. The van der Waals surface area contributed by atoms with Gasteiger partial charge in [-0.1, -0.05) is 0 Å². The molecule has 1 saturated carbocycles. The molecule has 1 aromatic rings. The average molecular weight is 312 g/mol. The Bertz CT molecular complexity index is 499. The Balaban J connectivity index is 1.80. The molecule has 21 heavy (non-hydrogen) atoms. The smallest absolute Gasteiger partial charge is 0.315 e. The SMILES string of the molecule is COc1cc(F)cc(CNC(=O)N[C@H]2CC[C@@H](SC)C2)c1. The average Bonchev–Trinajstić information content (AvgIpc) is 2.92. The van der Waals surface area contributed by atoms with E-state index in [0.29, 0.717) is 16.6 Å². The van der Waals surface area contributed by atoms with Gasteiger partial charge in [0.15, 0.2) is 0 Å². The fourth-order valence-corrected chi connectivity index (χ4v) is 3.34. The molecule has 4 nitrogen and oxygen atoms in total. The highest BCUT2D eigenvalue weighted by Crippen LogP contribution is 2.28. The van der Waals surface area contributed by atoms with Crippen LogP contribution in [0.1, 0.15) is 24.8 Å². The summed E-state index contributed by atoms with van der Waals surface area (Å²) in [7, 11) is 1.49. The van der Waals surface area contributed by atoms with Crippen molar-refractivity contribution in [3.63, 3.8) is 0 Å². The van der Waals surface area contributed by atoms with E-state index in [9.17, 15) is 9.18 Å². The molecule has 6 heteroatoms. The maximum atomic E-state index is 13.3. The fraction of sp³-hybridized carbons (Fsp3) is 0.533. The van der Waals surface area contributed by atoms with Gasteiger partial charge in [-0.2, -0.15) is 11.8 Å². The van der Waals surface area contributed by atoms with Crippen molar-refractivity contribution in [3.05, 3.63) is 29.6 Å². The zero-order chi connectivity index (χ0) is 15.2. The second-order valence-electron chi connectivity index (χ2n) is 5.19. The van der Waals surface area contributed by atoms with Gasteiger partial charge in [0.1, 0.15) is 11.6 Å². The molecule has 2 amide bonds. The first-order valence-electron chi connectivity index (χ1n) is 7.01. The van der Waals surface area contributed by atoms with Crippen LogP contribution in [0.2, 0.25) is 0 Å². The topological polar surface area (TPSA) is 50.4 Å². The summed E-state index contributed by atoms with van der Waals surface area (Å²) in [6.07, 6.45) is 5.28. The lowest BCUT2D eigenvalue weighted by Crippen LogP contribution is -2.40. The number of hydrogen-bond acceptors (Lipinski definition) is 3. The van der Waals surface area contributed by atoms with Crippen LogP contribution in [0, 0.1) is 5.82 Å². The Labute approximate surface area is 128 Å². The Morgan fingerprint density at radius 1 is 1.43 bits per heavy atom. The summed E-state index contributed by atoms with van der Waals surface area (Å²) in [4.78, 5) is 11.9. The van der Waals surface area contributed by atoms with Crippen molar-refractivity contribution in [3.8, 4) is 5.75 Å². The summed E-state index contributed by atoms with van der Waals surface area (Å²) in [5.41, 5.74) is 0.676. The van der Waals surface area contributed by atoms with Crippen LogP contribution in [0.3, 0.4) is 0 Å². The number of thioether (sulfide) groups is 1. The number of ether oxygens (including phenoxy) is 1. The lowest BCUT2D eigenvalue weighted by molar-refractivity contribution is 0.236. The van der Waals surface area contributed by atoms with Crippen LogP contribution >= 0.6 is 11.8 Å². The third kappa shape index (κ3) is 4.81. The third-order valence-corrected chi connectivity index (χ3v) is 4.77. The summed E-state index contributed by atoms with van der Waals surface area (Å²) in [6.45, 7) is 0.276. The molecule has 0 aliphatic heterocycles. The summed E-state index contributed by atoms with van der Waals surface area (Å²) >= 11 is 1.85. The van der Waals surface area contributed by atoms with Gasteiger partial charge in [-0.25, -0.2) is 9.18 Å². The highest BCUT2D eigenvalue weighted by Gasteiger charge is 2.24. The molecule has 0 saturated heterocycles. The van der Waals surface area contributed by atoms with Crippen LogP contribution in [0.25, 0.3) is 0 Å². The van der Waals surface area contributed by atoms with E-state index in [1.807, 2.05) is 11.8 Å². The molecule has 0 radical (unpaired) electrons. The minimum absolute atomic E-state index is 0.204. The van der Waals surface area contributed by atoms with E-state index >= 15 is 0 Å². The minimum Gasteiger partial charge on any atom is -0.497 e. The number of carbonyl (C=O) groups is 1. The molecule has 1 aliphatic rings. The number of nitrogens with one attached hydrogen (secondary N) is 2. The predicted octanol–water partition coefficient (Wildman–Crippen LogP) is 2.92. The molecule has 0 unspecified atom stereocenters. The third-order valence-electron chi connectivity index (χ3n) is 3.67. The van der Waals surface area contributed by atoms with Gasteiger partial charge >= 0.3 is 6.03 Å². The van der Waals surface area contributed by atoms with E-state index in [0.717, 1.165) is 19.3 Å². The molecule has 0 spiro atoms. The Morgan fingerprint density at radius 3 is 2.90 bits per heavy atom. The van der Waals surface area contributed by atoms with Gasteiger partial charge < -0.3 is 15.4 Å². The van der Waals surface area contributed by atoms with Crippen LogP contribution < -0.4 is 15.4 Å². The maximum Gasteiger partial charge on any atom is 0.315 e. The Hall–Kier alpha value is -1.43. The number of halogens is 1. The lowest BCUT2D eigenvalue weighted by atomic mass is 10.2. The minimum atomic E-state index is -0.370. The summed E-state index contributed by atoms with van der Waals surface area (Å²) in [5.74, 6) is 0.0796. The molecular weight excluding hydrogens is 291 g/mol. The highest BCUT2D eigenvalue weighted by atomic mass is 32.2. The Morgan fingerprint density at radius 2 is 2.24 bits per heavy atom. The maximum absolute atomic E-state index is 13.3. The molecule has 116 valence electrons. The highest BCUT2D eigenvalue weighted by molar-refractivity contribution is 7.99. The molecule has 1 aromatic carbocycles. The van der Waals surface area contributed by atoms with Gasteiger partial charge in [0.2, 0.25) is 0 Å². The van der Waals surface area contributed by atoms with Gasteiger partial charge in [0.25, 0.3) is 0 Å². The van der Waals surface area contributed by atoms with Crippen LogP contribution in [-0.4, -0.2) is 30.7 Å². The lowest BCUT2D eigenvalue weighted by Gasteiger charge is -2.14. The van der Waals surface area contributed by atoms with Crippen LogP contribution in [0.15, 0.2) is 18.2 Å². The number of hydrogen-bond donors (Lipinski definition) is 2. The Kier molecular flexibility index (Phi) is 5.73. The zero-order valence-corrected chi connectivity index (χ0v) is 13.1. The predicted molar refractivity (Wildman–Crippen MR) is 83.3 cm³/mol. The second kappa shape index (κ2) is 7.54. The molecule has 0 aromatic heterocycles. The number of carbonyl (C=O) groups excluding carboxylic acids is 1. The van der Waals surface area contributed by atoms with Crippen molar-refractivity contribution in [2.75, 3.05) is 13.4 Å². The molecule has 2 N–H and O–H groups in total. The fourth-order valence-electron chi connectivity index (χ4n) is 2.54. The summed E-state index contributed by atoms with van der Waals surface area (Å²) < 4.78 is 18.3. The quantitative estimate of drug-likeness (QED) is 0.879. The van der Waals surface area contributed by atoms with E-state index in [1.54, 1.807) is 6.07 Å². The molecular formula is C15H21FN2O2S. The molecule has 2 atom stereocenters. The van der Waals surface area contributed by atoms with E-state index < -0.39 is 0 Å². The normalized spacial score (nSPS) is 21.1. The van der Waals surface area contributed by atoms with Gasteiger partial charge in [-0.05, 0) is 43.2 Å². The van der Waals surface area contributed by atoms with Crippen molar-refractivity contribution in [2.45, 2.75) is 37.1 Å².